The average molecular weight is 245 g/mol. The number of aliphatic hydroxyl groups is 4. The van der Waals surface area contributed by atoms with Gasteiger partial charge in [0.05, 0.1) is 0 Å². The molecule has 0 aliphatic carbocycles. The maximum absolute atomic E-state index is 9.10. The smallest absolute Gasteiger partial charge is 0.414 e. The van der Waals surface area contributed by atoms with Crippen LogP contribution in [0.2, 0.25) is 0 Å². The van der Waals surface area contributed by atoms with Crippen LogP contribution in [-0.4, -0.2) is 68.0 Å². The Bertz CT molecular complexity index is 172. The number of carbonyl (C=O) groups is 2. The van der Waals surface area contributed by atoms with Gasteiger partial charge in [0.1, 0.15) is 7.26 Å². The van der Waals surface area contributed by atoms with Crippen molar-refractivity contribution in [2.45, 2.75) is 0 Å². The van der Waals surface area contributed by atoms with Gasteiger partial charge in [-0.15, -0.1) is 0 Å². The van der Waals surface area contributed by atoms with E-state index in [2.05, 4.69) is 0 Å². The quantitative estimate of drug-likeness (QED) is 0.244. The molecular formula is C6H14O8P+. The van der Waals surface area contributed by atoms with Crippen molar-refractivity contribution in [2.24, 2.45) is 0 Å². The second-order valence-electron chi connectivity index (χ2n) is 2.52. The van der Waals surface area contributed by atoms with Crippen LogP contribution in [0.25, 0.3) is 0 Å². The van der Waals surface area contributed by atoms with E-state index >= 15 is 0 Å². The Labute approximate surface area is 85.7 Å². The maximum Gasteiger partial charge on any atom is 0.414 e. The molecule has 0 bridgehead atoms. The lowest BCUT2D eigenvalue weighted by Gasteiger charge is -2.15. The molecule has 0 aromatic heterocycles. The monoisotopic (exact) mass is 245 g/mol. The van der Waals surface area contributed by atoms with Gasteiger partial charge in [0.2, 0.25) is 0 Å². The van der Waals surface area contributed by atoms with Gasteiger partial charge in [0.25, 0.3) is 0 Å². The summed E-state index contributed by atoms with van der Waals surface area (Å²) in [5.41, 5.74) is 0. The van der Waals surface area contributed by atoms with Crippen LogP contribution in [-0.2, 0) is 9.59 Å². The van der Waals surface area contributed by atoms with Gasteiger partial charge in [0, 0.05) is 0 Å². The number of aliphatic carboxylic acids is 2. The van der Waals surface area contributed by atoms with E-state index in [0.717, 1.165) is 0 Å². The number of hydrogen-bond donors (Lipinski definition) is 6. The van der Waals surface area contributed by atoms with Crippen molar-refractivity contribution in [3.05, 3.63) is 0 Å². The molecule has 0 fully saturated rings. The summed E-state index contributed by atoms with van der Waals surface area (Å²) >= 11 is 0. The molecule has 15 heavy (non-hydrogen) atoms. The van der Waals surface area contributed by atoms with Crippen molar-refractivity contribution in [1.29, 1.82) is 0 Å². The molecule has 0 spiro atoms. The summed E-state index contributed by atoms with van der Waals surface area (Å²) in [6.45, 7) is 0. The lowest BCUT2D eigenvalue weighted by molar-refractivity contribution is -0.159. The van der Waals surface area contributed by atoms with Gasteiger partial charge >= 0.3 is 11.9 Å². The number of carboxylic acids is 2. The summed E-state index contributed by atoms with van der Waals surface area (Å²) in [6, 6.07) is 0. The molecule has 0 rings (SSSR count). The molecule has 0 unspecified atom stereocenters. The highest BCUT2D eigenvalue weighted by atomic mass is 31.2. The normalized spacial score (nSPS) is 10.1. The fraction of sp³-hybridized carbons (Fsp3) is 0.667. The standard InChI is InChI=1S/C4H12O4P.C2H2O4/c5-1-9(2-6,3-7)4-8;3-1(4)2(5)6/h5-8H,1-4H2;(H,3,4)(H,5,6)/q+1;. The molecule has 0 heterocycles. The van der Waals surface area contributed by atoms with E-state index in [0.29, 0.717) is 0 Å². The van der Waals surface area contributed by atoms with Crippen LogP contribution < -0.4 is 0 Å². The van der Waals surface area contributed by atoms with Crippen LogP contribution >= 0.6 is 7.26 Å². The first-order valence-electron chi connectivity index (χ1n) is 3.64. The van der Waals surface area contributed by atoms with Crippen LogP contribution in [0.5, 0.6) is 0 Å². The van der Waals surface area contributed by atoms with Crippen molar-refractivity contribution in [3.8, 4) is 0 Å². The summed E-state index contributed by atoms with van der Waals surface area (Å²) in [5.74, 6) is -3.65. The molecule has 0 aromatic carbocycles. The Hall–Kier alpha value is -0.790. The van der Waals surface area contributed by atoms with Crippen molar-refractivity contribution in [2.75, 3.05) is 25.4 Å². The molecule has 0 atom stereocenters. The topological polar surface area (TPSA) is 156 Å². The Morgan fingerprint density at radius 1 is 0.733 bits per heavy atom. The summed E-state index contributed by atoms with van der Waals surface area (Å²) in [7, 11) is -2.20. The predicted octanol–water partition coefficient (Wildman–Crippen LogP) is -2.04. The van der Waals surface area contributed by atoms with Crippen LogP contribution in [0.15, 0.2) is 0 Å². The van der Waals surface area contributed by atoms with Crippen molar-refractivity contribution >= 4 is 19.2 Å². The van der Waals surface area contributed by atoms with Gasteiger partial charge in [-0.2, -0.15) is 0 Å². The fourth-order valence-corrected chi connectivity index (χ4v) is 0.805. The Morgan fingerprint density at radius 2 is 0.933 bits per heavy atom. The first-order valence-corrected chi connectivity index (χ1v) is 6.17. The minimum Gasteiger partial charge on any atom is -0.473 e. The highest BCUT2D eigenvalue weighted by Crippen LogP contribution is 2.54. The van der Waals surface area contributed by atoms with Crippen LogP contribution in [0.1, 0.15) is 0 Å². The third-order valence-electron chi connectivity index (χ3n) is 1.38. The number of aliphatic hydroxyl groups excluding tert-OH is 4. The van der Waals surface area contributed by atoms with Crippen molar-refractivity contribution < 1.29 is 40.2 Å². The first kappa shape index (κ1) is 16.6. The second-order valence-corrected chi connectivity index (χ2v) is 6.33. The van der Waals surface area contributed by atoms with Crippen LogP contribution in [0.4, 0.5) is 0 Å². The SMILES string of the molecule is O=C(O)C(=O)O.OC[P+](CO)(CO)CO. The highest BCUT2D eigenvalue weighted by Gasteiger charge is 2.34. The lowest BCUT2D eigenvalue weighted by atomic mass is 10.7. The van der Waals surface area contributed by atoms with Gasteiger partial charge in [-0.1, -0.05) is 0 Å². The Kier molecular flexibility index (Phi) is 9.44. The van der Waals surface area contributed by atoms with Gasteiger partial charge in [-0.25, -0.2) is 9.59 Å². The highest BCUT2D eigenvalue weighted by molar-refractivity contribution is 7.75. The predicted molar refractivity (Wildman–Crippen MR) is 50.5 cm³/mol. The molecular weight excluding hydrogens is 231 g/mol. The molecule has 0 amide bonds. The summed E-state index contributed by atoms with van der Waals surface area (Å²) in [6.07, 6.45) is -1.18. The van der Waals surface area contributed by atoms with Crippen molar-refractivity contribution in [1.82, 2.24) is 0 Å². The Balaban J connectivity index is 0. The van der Waals surface area contributed by atoms with E-state index in [-0.39, 0.29) is 25.4 Å². The first-order chi connectivity index (χ1) is 6.89. The average Bonchev–Trinajstić information content (AvgIpc) is 2.23. The third-order valence-corrected chi connectivity index (χ3v) is 3.78. The zero-order valence-corrected chi connectivity index (χ0v) is 8.67. The molecule has 6 N–H and O–H groups in total. The summed E-state index contributed by atoms with van der Waals surface area (Å²) in [4.78, 5) is 18.2. The summed E-state index contributed by atoms with van der Waals surface area (Å²) < 4.78 is 0. The fourth-order valence-electron chi connectivity index (χ4n) is 0.268. The van der Waals surface area contributed by atoms with Crippen LogP contribution in [0.3, 0.4) is 0 Å². The Morgan fingerprint density at radius 3 is 0.933 bits per heavy atom. The second kappa shape index (κ2) is 8.51. The van der Waals surface area contributed by atoms with E-state index in [1.165, 1.54) is 0 Å². The molecule has 0 saturated carbocycles. The van der Waals surface area contributed by atoms with E-state index in [9.17, 15) is 0 Å². The van der Waals surface area contributed by atoms with E-state index < -0.39 is 19.2 Å². The van der Waals surface area contributed by atoms with Gasteiger partial charge in [0.15, 0.2) is 25.4 Å². The minimum absolute atomic E-state index is 0.295. The number of rotatable bonds is 4. The maximum atomic E-state index is 9.10. The van der Waals surface area contributed by atoms with Gasteiger partial charge < -0.3 is 30.6 Å². The van der Waals surface area contributed by atoms with Crippen molar-refractivity contribution in [3.63, 3.8) is 0 Å². The summed E-state index contributed by atoms with van der Waals surface area (Å²) in [5, 5.41) is 49.0. The number of carboxylic acid groups (broad SMARTS) is 2. The van der Waals surface area contributed by atoms with E-state index in [1.807, 2.05) is 0 Å². The molecule has 0 aromatic rings. The third kappa shape index (κ3) is 7.18. The lowest BCUT2D eigenvalue weighted by Crippen LogP contribution is -2.10. The molecule has 0 aliphatic heterocycles. The molecule has 0 radical (unpaired) electrons. The van der Waals surface area contributed by atoms with Gasteiger partial charge in [-0.05, 0) is 0 Å². The zero-order valence-electron chi connectivity index (χ0n) is 7.78. The molecule has 0 saturated heterocycles. The minimum atomic E-state index is -2.20. The molecule has 90 valence electrons. The van der Waals surface area contributed by atoms with Gasteiger partial charge in [-0.3, -0.25) is 0 Å². The largest absolute Gasteiger partial charge is 0.473 e. The zero-order chi connectivity index (χ0) is 12.5. The molecule has 8 nitrogen and oxygen atoms in total. The van der Waals surface area contributed by atoms with E-state index in [1.54, 1.807) is 0 Å². The van der Waals surface area contributed by atoms with E-state index in [4.69, 9.17) is 40.2 Å². The molecule has 0 aliphatic rings. The van der Waals surface area contributed by atoms with Crippen LogP contribution in [0, 0.1) is 0 Å². The molecule has 9 heteroatoms. The number of hydrogen-bond acceptors (Lipinski definition) is 6.